The Bertz CT molecular complexity index is 548. The van der Waals surface area contributed by atoms with Gasteiger partial charge in [-0.05, 0) is 63.7 Å². The maximum atomic E-state index is 6.18. The molecule has 0 aromatic heterocycles. The topological polar surface area (TPSA) is 36.9 Å². The van der Waals surface area contributed by atoms with Gasteiger partial charge in [0.15, 0.2) is 0 Å². The quantitative estimate of drug-likeness (QED) is 0.803. The van der Waals surface area contributed by atoms with E-state index in [1.807, 2.05) is 6.07 Å². The molecule has 0 saturated carbocycles. The molecule has 1 unspecified atom stereocenters. The van der Waals surface area contributed by atoms with Crippen LogP contribution in [0.3, 0.4) is 0 Å². The van der Waals surface area contributed by atoms with Crippen LogP contribution in [0.15, 0.2) is 18.2 Å². The van der Waals surface area contributed by atoms with E-state index in [-0.39, 0.29) is 18.3 Å². The molecule has 1 atom stereocenters. The van der Waals surface area contributed by atoms with Crippen LogP contribution in [0.25, 0.3) is 0 Å². The third kappa shape index (κ3) is 3.28. The van der Waals surface area contributed by atoms with Crippen LogP contribution < -0.4 is 10.2 Å². The highest BCUT2D eigenvalue weighted by Gasteiger charge is 2.51. The molecule has 2 heterocycles. The SMILES string of the molecule is COc1cc(B2OC(C)(C)C(C)(C)O2)cc(C2CCCOC2)c1. The highest BCUT2D eigenvalue weighted by molar-refractivity contribution is 6.62. The van der Waals surface area contributed by atoms with Gasteiger partial charge in [0.05, 0.1) is 24.9 Å². The van der Waals surface area contributed by atoms with E-state index < -0.39 is 0 Å². The third-order valence-corrected chi connectivity index (χ3v) is 5.34. The molecule has 0 bridgehead atoms. The van der Waals surface area contributed by atoms with Gasteiger partial charge in [0.1, 0.15) is 5.75 Å². The van der Waals surface area contributed by atoms with Gasteiger partial charge in [-0.3, -0.25) is 0 Å². The molecule has 2 fully saturated rings. The maximum Gasteiger partial charge on any atom is 0.494 e. The summed E-state index contributed by atoms with van der Waals surface area (Å²) >= 11 is 0. The van der Waals surface area contributed by atoms with Crippen molar-refractivity contribution in [2.24, 2.45) is 0 Å². The van der Waals surface area contributed by atoms with Crippen molar-refractivity contribution in [2.45, 2.75) is 57.7 Å². The molecule has 2 saturated heterocycles. The van der Waals surface area contributed by atoms with Gasteiger partial charge in [-0.2, -0.15) is 0 Å². The number of hydrogen-bond donors (Lipinski definition) is 0. The molecule has 0 N–H and O–H groups in total. The van der Waals surface area contributed by atoms with Crippen molar-refractivity contribution in [3.05, 3.63) is 23.8 Å². The summed E-state index contributed by atoms with van der Waals surface area (Å²) in [5.41, 5.74) is 1.58. The fourth-order valence-corrected chi connectivity index (χ4v) is 3.12. The van der Waals surface area contributed by atoms with Crippen molar-refractivity contribution >= 4 is 12.6 Å². The minimum absolute atomic E-state index is 0.338. The van der Waals surface area contributed by atoms with E-state index in [4.69, 9.17) is 18.8 Å². The van der Waals surface area contributed by atoms with E-state index in [2.05, 4.69) is 39.8 Å². The van der Waals surface area contributed by atoms with E-state index in [9.17, 15) is 0 Å². The molecule has 2 aliphatic rings. The average Bonchev–Trinajstić information content (AvgIpc) is 2.76. The van der Waals surface area contributed by atoms with E-state index >= 15 is 0 Å². The van der Waals surface area contributed by atoms with Gasteiger partial charge < -0.3 is 18.8 Å². The van der Waals surface area contributed by atoms with E-state index in [0.717, 1.165) is 37.3 Å². The number of ether oxygens (including phenoxy) is 2. The lowest BCUT2D eigenvalue weighted by Crippen LogP contribution is -2.41. The highest BCUT2D eigenvalue weighted by Crippen LogP contribution is 2.37. The lowest BCUT2D eigenvalue weighted by molar-refractivity contribution is 0.00578. The molecule has 1 aromatic carbocycles. The zero-order chi connectivity index (χ0) is 16.7. The molecular weight excluding hydrogens is 291 g/mol. The fourth-order valence-electron chi connectivity index (χ4n) is 3.12. The van der Waals surface area contributed by atoms with Gasteiger partial charge in [0, 0.05) is 12.5 Å². The van der Waals surface area contributed by atoms with E-state index in [1.54, 1.807) is 7.11 Å². The van der Waals surface area contributed by atoms with Crippen molar-refractivity contribution < 1.29 is 18.8 Å². The van der Waals surface area contributed by atoms with E-state index in [0.29, 0.717) is 5.92 Å². The van der Waals surface area contributed by atoms with Crippen molar-refractivity contribution in [3.8, 4) is 5.75 Å². The first-order valence-electron chi connectivity index (χ1n) is 8.45. The Morgan fingerprint density at radius 3 is 2.35 bits per heavy atom. The Morgan fingerprint density at radius 2 is 1.78 bits per heavy atom. The van der Waals surface area contributed by atoms with Gasteiger partial charge in [-0.25, -0.2) is 0 Å². The summed E-state index contributed by atoms with van der Waals surface area (Å²) in [6.07, 6.45) is 2.25. The maximum absolute atomic E-state index is 6.18. The summed E-state index contributed by atoms with van der Waals surface area (Å²) < 4.78 is 23.5. The first-order valence-corrected chi connectivity index (χ1v) is 8.45. The lowest BCUT2D eigenvalue weighted by Gasteiger charge is -2.32. The zero-order valence-corrected chi connectivity index (χ0v) is 14.8. The predicted molar refractivity (Wildman–Crippen MR) is 91.5 cm³/mol. The van der Waals surface area contributed by atoms with Crippen LogP contribution in [0.5, 0.6) is 5.75 Å². The molecule has 1 aromatic rings. The van der Waals surface area contributed by atoms with Crippen molar-refractivity contribution in [3.63, 3.8) is 0 Å². The highest BCUT2D eigenvalue weighted by atomic mass is 16.7. The Labute approximate surface area is 139 Å². The molecule has 0 radical (unpaired) electrons. The number of benzene rings is 1. The van der Waals surface area contributed by atoms with Crippen molar-refractivity contribution in [2.75, 3.05) is 20.3 Å². The van der Waals surface area contributed by atoms with Gasteiger partial charge in [0.25, 0.3) is 0 Å². The molecule has 0 spiro atoms. The second-order valence-electron chi connectivity index (χ2n) is 7.54. The van der Waals surface area contributed by atoms with Crippen LogP contribution in [-0.4, -0.2) is 38.6 Å². The molecule has 5 heteroatoms. The second-order valence-corrected chi connectivity index (χ2v) is 7.54. The number of rotatable bonds is 3. The number of hydrogen-bond acceptors (Lipinski definition) is 4. The van der Waals surface area contributed by atoms with Crippen LogP contribution in [0.4, 0.5) is 0 Å². The van der Waals surface area contributed by atoms with Crippen LogP contribution in [-0.2, 0) is 14.0 Å². The molecule has 23 heavy (non-hydrogen) atoms. The Balaban J connectivity index is 1.90. The smallest absolute Gasteiger partial charge is 0.494 e. The van der Waals surface area contributed by atoms with Crippen LogP contribution >= 0.6 is 0 Å². The first-order chi connectivity index (χ1) is 10.8. The first kappa shape index (κ1) is 16.8. The molecule has 4 nitrogen and oxygen atoms in total. The van der Waals surface area contributed by atoms with Gasteiger partial charge in [-0.15, -0.1) is 0 Å². The normalized spacial score (nSPS) is 26.3. The van der Waals surface area contributed by atoms with Gasteiger partial charge >= 0.3 is 7.12 Å². The van der Waals surface area contributed by atoms with Gasteiger partial charge in [0.2, 0.25) is 0 Å². The minimum atomic E-state index is -0.363. The largest absolute Gasteiger partial charge is 0.497 e. The van der Waals surface area contributed by atoms with E-state index in [1.165, 1.54) is 5.56 Å². The standard InChI is InChI=1S/C18H27BO4/c1-17(2)18(3,4)23-19(22-17)15-9-14(10-16(11-15)20-5)13-7-6-8-21-12-13/h9-11,13H,6-8,12H2,1-5H3. The summed E-state index contributed by atoms with van der Waals surface area (Å²) in [4.78, 5) is 0. The van der Waals surface area contributed by atoms with Crippen LogP contribution in [0, 0.1) is 0 Å². The van der Waals surface area contributed by atoms with Crippen LogP contribution in [0.1, 0.15) is 52.0 Å². The summed E-state index contributed by atoms with van der Waals surface area (Å²) in [5, 5.41) is 0. The Kier molecular flexibility index (Phi) is 4.47. The summed E-state index contributed by atoms with van der Waals surface area (Å²) in [5.74, 6) is 1.26. The minimum Gasteiger partial charge on any atom is -0.497 e. The summed E-state index contributed by atoms with van der Waals surface area (Å²) in [6.45, 7) is 9.93. The fraction of sp³-hybridized carbons (Fsp3) is 0.667. The molecule has 0 aliphatic carbocycles. The summed E-state index contributed by atoms with van der Waals surface area (Å²) in [6, 6.07) is 6.30. The van der Waals surface area contributed by atoms with Crippen molar-refractivity contribution in [1.29, 1.82) is 0 Å². The molecule has 3 rings (SSSR count). The Hall–Kier alpha value is -1.04. The number of methoxy groups -OCH3 is 1. The lowest BCUT2D eigenvalue weighted by atomic mass is 9.76. The predicted octanol–water partition coefficient (Wildman–Crippen LogP) is 2.89. The summed E-state index contributed by atoms with van der Waals surface area (Å²) in [7, 11) is 1.34. The molecule has 126 valence electrons. The molecule has 0 amide bonds. The Morgan fingerprint density at radius 1 is 1.09 bits per heavy atom. The third-order valence-electron chi connectivity index (χ3n) is 5.34. The van der Waals surface area contributed by atoms with Crippen LogP contribution in [0.2, 0.25) is 0 Å². The second kappa shape index (κ2) is 6.12. The zero-order valence-electron chi connectivity index (χ0n) is 14.8. The van der Waals surface area contributed by atoms with Crippen molar-refractivity contribution in [1.82, 2.24) is 0 Å². The average molecular weight is 318 g/mol. The monoisotopic (exact) mass is 318 g/mol. The van der Waals surface area contributed by atoms with Gasteiger partial charge in [-0.1, -0.05) is 6.07 Å². The molecule has 2 aliphatic heterocycles. The molecular formula is C18H27BO4.